The zero-order valence-electron chi connectivity index (χ0n) is 12.0. The molecule has 0 spiro atoms. The van der Waals surface area contributed by atoms with Gasteiger partial charge in [0.05, 0.1) is 6.54 Å². The number of nitrogens with two attached hydrogens (primary N) is 1. The van der Waals surface area contributed by atoms with Crippen LogP contribution in [0.15, 0.2) is 41.4 Å². The van der Waals surface area contributed by atoms with Gasteiger partial charge in [0, 0.05) is 11.3 Å². The number of hydrogen-bond donors (Lipinski definition) is 2. The lowest BCUT2D eigenvalue weighted by Gasteiger charge is -2.08. The molecule has 0 amide bonds. The van der Waals surface area contributed by atoms with Crippen LogP contribution in [0, 0.1) is 25.5 Å². The predicted molar refractivity (Wildman–Crippen MR) is 81.2 cm³/mol. The highest BCUT2D eigenvalue weighted by atomic mass is 19.1. The third-order valence-corrected chi connectivity index (χ3v) is 3.21. The number of rotatable bonds is 3. The van der Waals surface area contributed by atoms with E-state index in [2.05, 4.69) is 10.3 Å². The maximum atomic E-state index is 13.4. The highest BCUT2D eigenvalue weighted by Gasteiger charge is 2.03. The summed E-state index contributed by atoms with van der Waals surface area (Å²) in [6, 6.07) is 9.06. The molecule has 0 radical (unpaired) electrons. The number of anilines is 1. The molecule has 0 unspecified atom stereocenters. The van der Waals surface area contributed by atoms with Crippen molar-refractivity contribution < 1.29 is 8.78 Å². The van der Waals surface area contributed by atoms with Gasteiger partial charge in [-0.2, -0.15) is 0 Å². The van der Waals surface area contributed by atoms with Crippen molar-refractivity contribution in [1.29, 1.82) is 0 Å². The van der Waals surface area contributed by atoms with Gasteiger partial charge < -0.3 is 11.1 Å². The number of nitrogens with zero attached hydrogens (tertiary/aromatic N) is 1. The van der Waals surface area contributed by atoms with E-state index in [1.165, 1.54) is 5.56 Å². The van der Waals surface area contributed by atoms with Crippen LogP contribution in [-0.2, 0) is 6.54 Å². The zero-order chi connectivity index (χ0) is 15.4. The van der Waals surface area contributed by atoms with E-state index < -0.39 is 11.6 Å². The molecular weight excluding hydrogens is 272 g/mol. The molecule has 110 valence electrons. The van der Waals surface area contributed by atoms with Crippen LogP contribution >= 0.6 is 0 Å². The lowest BCUT2D eigenvalue weighted by atomic mass is 10.1. The smallest absolute Gasteiger partial charge is 0.193 e. The van der Waals surface area contributed by atoms with Crippen LogP contribution in [0.25, 0.3) is 0 Å². The summed E-state index contributed by atoms with van der Waals surface area (Å²) in [6.07, 6.45) is 0. The molecule has 0 aliphatic heterocycles. The summed E-state index contributed by atoms with van der Waals surface area (Å²) in [5, 5.41) is 2.93. The Morgan fingerprint density at radius 2 is 1.86 bits per heavy atom. The van der Waals surface area contributed by atoms with E-state index in [0.29, 0.717) is 0 Å². The maximum absolute atomic E-state index is 13.4. The number of guanidine groups is 1. The summed E-state index contributed by atoms with van der Waals surface area (Å²) < 4.78 is 26.5. The molecule has 0 bridgehead atoms. The van der Waals surface area contributed by atoms with Gasteiger partial charge in [-0.25, -0.2) is 13.8 Å². The van der Waals surface area contributed by atoms with Crippen molar-refractivity contribution in [2.24, 2.45) is 10.7 Å². The van der Waals surface area contributed by atoms with Gasteiger partial charge in [0.2, 0.25) is 0 Å². The predicted octanol–water partition coefficient (Wildman–Crippen LogP) is 3.51. The minimum absolute atomic E-state index is 0.0206. The number of nitrogens with one attached hydrogen (secondary N) is 1. The Morgan fingerprint density at radius 1 is 1.10 bits per heavy atom. The largest absolute Gasteiger partial charge is 0.370 e. The fourth-order valence-electron chi connectivity index (χ4n) is 1.84. The first-order valence-electron chi connectivity index (χ1n) is 6.54. The Kier molecular flexibility index (Phi) is 4.52. The summed E-state index contributed by atoms with van der Waals surface area (Å²) in [7, 11) is 0. The molecule has 0 heterocycles. The minimum atomic E-state index is -0.501. The Morgan fingerprint density at radius 3 is 2.57 bits per heavy atom. The first-order valence-corrected chi connectivity index (χ1v) is 6.54. The lowest BCUT2D eigenvalue weighted by Crippen LogP contribution is -2.22. The molecule has 3 N–H and O–H groups in total. The van der Waals surface area contributed by atoms with E-state index in [1.54, 1.807) is 0 Å². The van der Waals surface area contributed by atoms with E-state index in [0.717, 1.165) is 29.4 Å². The van der Waals surface area contributed by atoms with Crippen molar-refractivity contribution in [2.45, 2.75) is 20.4 Å². The quantitative estimate of drug-likeness (QED) is 0.671. The number of halogens is 2. The summed E-state index contributed by atoms with van der Waals surface area (Å²) >= 11 is 0. The normalized spacial score (nSPS) is 11.5. The molecule has 0 saturated heterocycles. The zero-order valence-corrected chi connectivity index (χ0v) is 12.0. The van der Waals surface area contributed by atoms with Crippen molar-refractivity contribution in [3.63, 3.8) is 0 Å². The van der Waals surface area contributed by atoms with Crippen molar-refractivity contribution in [3.05, 3.63) is 64.7 Å². The molecule has 21 heavy (non-hydrogen) atoms. The molecule has 0 atom stereocenters. The van der Waals surface area contributed by atoms with Gasteiger partial charge in [0.25, 0.3) is 0 Å². The molecule has 0 saturated carbocycles. The molecule has 0 aromatic heterocycles. The molecule has 5 heteroatoms. The first-order chi connectivity index (χ1) is 9.95. The van der Waals surface area contributed by atoms with Crippen LogP contribution in [0.2, 0.25) is 0 Å². The molecular formula is C16H17F2N3. The van der Waals surface area contributed by atoms with Gasteiger partial charge in [0.15, 0.2) is 5.96 Å². The second kappa shape index (κ2) is 6.35. The highest BCUT2D eigenvalue weighted by Crippen LogP contribution is 2.14. The second-order valence-corrected chi connectivity index (χ2v) is 4.86. The maximum Gasteiger partial charge on any atom is 0.193 e. The average Bonchev–Trinajstić information content (AvgIpc) is 2.44. The van der Waals surface area contributed by atoms with Crippen LogP contribution < -0.4 is 11.1 Å². The Labute approximate surface area is 122 Å². The van der Waals surface area contributed by atoms with Crippen molar-refractivity contribution >= 4 is 11.6 Å². The van der Waals surface area contributed by atoms with Crippen LogP contribution in [0.3, 0.4) is 0 Å². The molecule has 2 rings (SSSR count). The fourth-order valence-corrected chi connectivity index (χ4v) is 1.84. The molecule has 2 aromatic carbocycles. The van der Waals surface area contributed by atoms with Crippen LogP contribution in [0.1, 0.15) is 16.7 Å². The molecule has 2 aromatic rings. The Hall–Kier alpha value is -2.43. The molecule has 0 aliphatic rings. The lowest BCUT2D eigenvalue weighted by molar-refractivity contribution is 0.586. The highest BCUT2D eigenvalue weighted by molar-refractivity contribution is 5.92. The Bertz CT molecular complexity index is 681. The topological polar surface area (TPSA) is 50.4 Å². The summed E-state index contributed by atoms with van der Waals surface area (Å²) in [5.41, 5.74) is 9.03. The average molecular weight is 289 g/mol. The Balaban J connectivity index is 2.07. The number of aliphatic imine (C=N–C) groups is 1. The van der Waals surface area contributed by atoms with E-state index in [1.807, 2.05) is 32.0 Å². The van der Waals surface area contributed by atoms with Crippen molar-refractivity contribution in [3.8, 4) is 0 Å². The number of benzene rings is 2. The van der Waals surface area contributed by atoms with E-state index >= 15 is 0 Å². The van der Waals surface area contributed by atoms with Crippen LogP contribution in [-0.4, -0.2) is 5.96 Å². The van der Waals surface area contributed by atoms with E-state index in [4.69, 9.17) is 5.73 Å². The fraction of sp³-hybridized carbons (Fsp3) is 0.188. The molecule has 0 fully saturated rings. The SMILES string of the molecule is Cc1ccc(NC(N)=NCc2cc(F)ccc2F)cc1C. The third-order valence-electron chi connectivity index (χ3n) is 3.21. The number of hydrogen-bond acceptors (Lipinski definition) is 1. The van der Waals surface area contributed by atoms with Crippen molar-refractivity contribution in [1.82, 2.24) is 0 Å². The van der Waals surface area contributed by atoms with Gasteiger partial charge in [-0.1, -0.05) is 6.07 Å². The van der Waals surface area contributed by atoms with E-state index in [-0.39, 0.29) is 18.1 Å². The van der Waals surface area contributed by atoms with Gasteiger partial charge in [0.1, 0.15) is 11.6 Å². The minimum Gasteiger partial charge on any atom is -0.370 e. The van der Waals surface area contributed by atoms with Crippen LogP contribution in [0.5, 0.6) is 0 Å². The van der Waals surface area contributed by atoms with Gasteiger partial charge in [-0.15, -0.1) is 0 Å². The van der Waals surface area contributed by atoms with Gasteiger partial charge in [-0.3, -0.25) is 0 Å². The monoisotopic (exact) mass is 289 g/mol. The van der Waals surface area contributed by atoms with Crippen LogP contribution in [0.4, 0.5) is 14.5 Å². The van der Waals surface area contributed by atoms with Gasteiger partial charge >= 0.3 is 0 Å². The van der Waals surface area contributed by atoms with E-state index in [9.17, 15) is 8.78 Å². The first kappa shape index (κ1) is 15.0. The summed E-state index contributed by atoms with van der Waals surface area (Å²) in [4.78, 5) is 4.02. The standard InChI is InChI=1S/C16H17F2N3/c1-10-3-5-14(7-11(10)2)21-16(19)20-9-12-8-13(17)4-6-15(12)18/h3-8H,9H2,1-2H3,(H3,19,20,21). The van der Waals surface area contributed by atoms with Gasteiger partial charge in [-0.05, 0) is 55.3 Å². The third kappa shape index (κ3) is 4.02. The molecule has 3 nitrogen and oxygen atoms in total. The summed E-state index contributed by atoms with van der Waals surface area (Å²) in [5.74, 6) is -0.844. The van der Waals surface area contributed by atoms with Crippen molar-refractivity contribution in [2.75, 3.05) is 5.32 Å². The molecule has 0 aliphatic carbocycles. The second-order valence-electron chi connectivity index (χ2n) is 4.86. The number of aryl methyl sites for hydroxylation is 2. The summed E-state index contributed by atoms with van der Waals surface area (Å²) in [6.45, 7) is 3.99.